The number of nitrogens with one attached hydrogen (secondary N) is 1. The van der Waals surface area contributed by atoms with Crippen LogP contribution in [0.1, 0.15) is 17.3 Å². The number of para-hydroxylation sites is 1. The van der Waals surface area contributed by atoms with Crippen LogP contribution in [0.4, 0.5) is 14.9 Å². The van der Waals surface area contributed by atoms with Gasteiger partial charge in [0.15, 0.2) is 0 Å². The van der Waals surface area contributed by atoms with Crippen molar-refractivity contribution in [2.75, 3.05) is 51.3 Å². The molecule has 0 spiro atoms. The van der Waals surface area contributed by atoms with Crippen molar-refractivity contribution in [3.05, 3.63) is 59.9 Å². The molecule has 0 atom stereocenters. The molecule has 0 aliphatic carbocycles. The van der Waals surface area contributed by atoms with Crippen LogP contribution in [0.2, 0.25) is 0 Å². The average Bonchev–Trinajstić information content (AvgIpc) is 2.78. The molecule has 1 fully saturated rings. The second-order valence-corrected chi connectivity index (χ2v) is 6.76. The Bertz CT molecular complexity index is 852. The van der Waals surface area contributed by atoms with E-state index in [0.29, 0.717) is 63.0 Å². The summed E-state index contributed by atoms with van der Waals surface area (Å²) < 4.78 is 24.0. The van der Waals surface area contributed by atoms with Gasteiger partial charge in [0.05, 0.1) is 12.2 Å². The van der Waals surface area contributed by atoms with E-state index in [2.05, 4.69) is 5.32 Å². The minimum Gasteiger partial charge on any atom is -0.490 e. The molecule has 30 heavy (non-hydrogen) atoms. The molecule has 1 saturated heterocycles. The van der Waals surface area contributed by atoms with Crippen LogP contribution in [0.3, 0.4) is 0 Å². The number of carbonyl (C=O) groups is 2. The summed E-state index contributed by atoms with van der Waals surface area (Å²) in [6, 6.07) is 12.5. The highest BCUT2D eigenvalue weighted by Crippen LogP contribution is 2.21. The maximum Gasteiger partial charge on any atom is 0.321 e. The van der Waals surface area contributed by atoms with Crippen LogP contribution in [-0.2, 0) is 4.74 Å². The van der Waals surface area contributed by atoms with Gasteiger partial charge >= 0.3 is 6.03 Å². The minimum atomic E-state index is -0.359. The largest absolute Gasteiger partial charge is 0.490 e. The zero-order valence-corrected chi connectivity index (χ0v) is 17.0. The average molecular weight is 415 g/mol. The molecule has 160 valence electrons. The zero-order valence-electron chi connectivity index (χ0n) is 17.0. The number of hydrogen-bond acceptors (Lipinski definition) is 4. The van der Waals surface area contributed by atoms with E-state index in [1.165, 1.54) is 24.3 Å². The predicted octanol–water partition coefficient (Wildman–Crippen LogP) is 3.23. The predicted molar refractivity (Wildman–Crippen MR) is 111 cm³/mol. The summed E-state index contributed by atoms with van der Waals surface area (Å²) in [4.78, 5) is 28.7. The van der Waals surface area contributed by atoms with Crippen LogP contribution in [0.25, 0.3) is 0 Å². The van der Waals surface area contributed by atoms with Gasteiger partial charge in [-0.05, 0) is 43.3 Å². The van der Waals surface area contributed by atoms with Crippen LogP contribution < -0.4 is 10.1 Å². The second kappa shape index (κ2) is 10.6. The first kappa shape index (κ1) is 21.6. The maximum absolute atomic E-state index is 13.0. The second-order valence-electron chi connectivity index (χ2n) is 6.76. The molecule has 0 unspecified atom stereocenters. The number of ether oxygens (including phenoxy) is 2. The van der Waals surface area contributed by atoms with E-state index in [9.17, 15) is 14.0 Å². The molecule has 8 heteroatoms. The molecule has 1 heterocycles. The highest BCUT2D eigenvalue weighted by Gasteiger charge is 2.26. The Labute approximate surface area is 175 Å². The summed E-state index contributed by atoms with van der Waals surface area (Å²) in [7, 11) is 0. The lowest BCUT2D eigenvalue weighted by Crippen LogP contribution is -2.51. The van der Waals surface area contributed by atoms with Gasteiger partial charge in [-0.25, -0.2) is 9.18 Å². The summed E-state index contributed by atoms with van der Waals surface area (Å²) in [6.45, 7) is 5.01. The number of nitrogens with zero attached hydrogens (tertiary/aromatic N) is 2. The summed E-state index contributed by atoms with van der Waals surface area (Å²) in [5, 5.41) is 2.74. The van der Waals surface area contributed by atoms with Crippen molar-refractivity contribution in [3.8, 4) is 5.75 Å². The zero-order chi connectivity index (χ0) is 21.3. The Kier molecular flexibility index (Phi) is 7.62. The number of amides is 3. The van der Waals surface area contributed by atoms with E-state index < -0.39 is 0 Å². The normalized spacial score (nSPS) is 13.8. The molecule has 0 saturated carbocycles. The first-order chi connectivity index (χ1) is 14.6. The van der Waals surface area contributed by atoms with Gasteiger partial charge in [0.25, 0.3) is 5.91 Å². The molecule has 2 aromatic carbocycles. The van der Waals surface area contributed by atoms with Crippen molar-refractivity contribution >= 4 is 17.6 Å². The van der Waals surface area contributed by atoms with Gasteiger partial charge in [0.2, 0.25) is 0 Å². The number of anilines is 1. The van der Waals surface area contributed by atoms with E-state index in [4.69, 9.17) is 9.47 Å². The molecule has 1 N–H and O–H groups in total. The lowest BCUT2D eigenvalue weighted by Gasteiger charge is -2.35. The summed E-state index contributed by atoms with van der Waals surface area (Å²) in [5.74, 6) is 0.0431. The quantitative estimate of drug-likeness (QED) is 0.705. The summed E-state index contributed by atoms with van der Waals surface area (Å²) in [5.41, 5.74) is 1.02. The number of carbonyl (C=O) groups excluding carboxylic acids is 2. The molecule has 0 bridgehead atoms. The first-order valence-corrected chi connectivity index (χ1v) is 9.99. The van der Waals surface area contributed by atoms with E-state index in [0.717, 1.165) is 0 Å². The van der Waals surface area contributed by atoms with Gasteiger partial charge in [-0.3, -0.25) is 4.79 Å². The van der Waals surface area contributed by atoms with Crippen molar-refractivity contribution in [3.63, 3.8) is 0 Å². The SMILES string of the molecule is CCOCCOc1ccccc1C(=O)N1CCN(C(=O)Nc2ccc(F)cc2)CC1. The van der Waals surface area contributed by atoms with Gasteiger partial charge in [-0.2, -0.15) is 0 Å². The number of hydrogen-bond donors (Lipinski definition) is 1. The Morgan fingerprint density at radius 3 is 2.33 bits per heavy atom. The van der Waals surface area contributed by atoms with Gasteiger partial charge in [-0.1, -0.05) is 12.1 Å². The third-order valence-corrected chi connectivity index (χ3v) is 4.76. The lowest BCUT2D eigenvalue weighted by atomic mass is 10.1. The molecular formula is C22H26FN3O4. The smallest absolute Gasteiger partial charge is 0.321 e. The Balaban J connectivity index is 1.54. The Hall–Kier alpha value is -3.13. The molecule has 7 nitrogen and oxygen atoms in total. The molecule has 1 aliphatic rings. The van der Waals surface area contributed by atoms with Crippen LogP contribution in [0, 0.1) is 5.82 Å². The first-order valence-electron chi connectivity index (χ1n) is 9.99. The van der Waals surface area contributed by atoms with Crippen molar-refractivity contribution < 1.29 is 23.5 Å². The Morgan fingerprint density at radius 1 is 0.967 bits per heavy atom. The van der Waals surface area contributed by atoms with Crippen molar-refractivity contribution in [1.29, 1.82) is 0 Å². The summed E-state index contributed by atoms with van der Waals surface area (Å²) in [6.07, 6.45) is 0. The fraction of sp³-hybridized carbons (Fsp3) is 0.364. The van der Waals surface area contributed by atoms with Crippen molar-refractivity contribution in [1.82, 2.24) is 9.80 Å². The van der Waals surface area contributed by atoms with Crippen molar-refractivity contribution in [2.45, 2.75) is 6.92 Å². The third-order valence-electron chi connectivity index (χ3n) is 4.76. The van der Waals surface area contributed by atoms with Crippen LogP contribution in [0.15, 0.2) is 48.5 Å². The van der Waals surface area contributed by atoms with Crippen LogP contribution in [-0.4, -0.2) is 67.7 Å². The van der Waals surface area contributed by atoms with Crippen molar-refractivity contribution in [2.24, 2.45) is 0 Å². The fourth-order valence-electron chi connectivity index (χ4n) is 3.14. The number of halogens is 1. The molecule has 1 aliphatic heterocycles. The molecular weight excluding hydrogens is 389 g/mol. The molecule has 3 rings (SSSR count). The maximum atomic E-state index is 13.0. The van der Waals surface area contributed by atoms with E-state index in [1.807, 2.05) is 13.0 Å². The molecule has 3 amide bonds. The highest BCUT2D eigenvalue weighted by molar-refractivity contribution is 5.97. The third kappa shape index (κ3) is 5.70. The van der Waals surface area contributed by atoms with Gasteiger partial charge in [0.1, 0.15) is 18.2 Å². The standard InChI is InChI=1S/C22H26FN3O4/c1-2-29-15-16-30-20-6-4-3-5-19(20)21(27)25-11-13-26(14-12-25)22(28)24-18-9-7-17(23)8-10-18/h3-10H,2,11-16H2,1H3,(H,24,28). The topological polar surface area (TPSA) is 71.1 Å². The minimum absolute atomic E-state index is 0.124. The van der Waals surface area contributed by atoms with E-state index in [-0.39, 0.29) is 17.8 Å². The van der Waals surface area contributed by atoms with E-state index in [1.54, 1.807) is 28.0 Å². The molecule has 0 radical (unpaired) electrons. The number of urea groups is 1. The number of rotatable bonds is 7. The van der Waals surface area contributed by atoms with Gasteiger partial charge in [-0.15, -0.1) is 0 Å². The van der Waals surface area contributed by atoms with Gasteiger partial charge in [0, 0.05) is 38.5 Å². The number of benzene rings is 2. The van der Waals surface area contributed by atoms with Crippen LogP contribution in [0.5, 0.6) is 5.75 Å². The van der Waals surface area contributed by atoms with Gasteiger partial charge < -0.3 is 24.6 Å². The monoisotopic (exact) mass is 415 g/mol. The summed E-state index contributed by atoms with van der Waals surface area (Å²) >= 11 is 0. The Morgan fingerprint density at radius 2 is 1.63 bits per heavy atom. The molecule has 2 aromatic rings. The van der Waals surface area contributed by atoms with Crippen LogP contribution >= 0.6 is 0 Å². The fourth-order valence-corrected chi connectivity index (χ4v) is 3.14. The lowest BCUT2D eigenvalue weighted by molar-refractivity contribution is 0.0663. The van der Waals surface area contributed by atoms with E-state index >= 15 is 0 Å². The number of piperazine rings is 1. The molecule has 0 aromatic heterocycles. The highest BCUT2D eigenvalue weighted by atomic mass is 19.1.